The summed E-state index contributed by atoms with van der Waals surface area (Å²) in [4.78, 5) is 38.2. The molecule has 0 fully saturated rings. The number of hydrogen-bond donors (Lipinski definition) is 0. The fourth-order valence-electron chi connectivity index (χ4n) is 8.87. The molecule has 0 amide bonds. The molecule has 0 radical (unpaired) electrons. The monoisotopic (exact) mass is 1020 g/mol. The molecule has 0 N–H and O–H groups in total. The van der Waals surface area contributed by atoms with E-state index in [1.807, 2.05) is 0 Å². The van der Waals surface area contributed by atoms with Crippen molar-refractivity contribution in [3.05, 3.63) is 72.9 Å². The molecule has 0 aromatic heterocycles. The van der Waals surface area contributed by atoms with E-state index < -0.39 is 6.10 Å². The van der Waals surface area contributed by atoms with Crippen molar-refractivity contribution in [1.29, 1.82) is 0 Å². The Morgan fingerprint density at radius 2 is 0.507 bits per heavy atom. The van der Waals surface area contributed by atoms with Crippen LogP contribution in [0.2, 0.25) is 0 Å². The normalized spacial score (nSPS) is 12.5. The predicted molar refractivity (Wildman–Crippen MR) is 316 cm³/mol. The van der Waals surface area contributed by atoms with E-state index >= 15 is 0 Å². The third-order valence-corrected chi connectivity index (χ3v) is 13.7. The molecule has 0 aliphatic carbocycles. The van der Waals surface area contributed by atoms with E-state index in [2.05, 4.69) is 93.7 Å². The molecule has 6 heteroatoms. The van der Waals surface area contributed by atoms with Crippen LogP contribution in [0.1, 0.15) is 316 Å². The Morgan fingerprint density at radius 3 is 0.849 bits per heavy atom. The number of carbonyl (C=O) groups excluding carboxylic acids is 3. The first kappa shape index (κ1) is 69.8. The third kappa shape index (κ3) is 59.6. The van der Waals surface area contributed by atoms with Crippen LogP contribution in [0.4, 0.5) is 0 Å². The zero-order chi connectivity index (χ0) is 52.9. The zero-order valence-electron chi connectivity index (χ0n) is 48.4. The Hall–Kier alpha value is -3.15. The Balaban J connectivity index is 4.28. The summed E-state index contributed by atoms with van der Waals surface area (Å²) in [7, 11) is 0. The minimum atomic E-state index is -0.786. The summed E-state index contributed by atoms with van der Waals surface area (Å²) in [5.74, 6) is -0.895. The van der Waals surface area contributed by atoms with Crippen molar-refractivity contribution in [2.24, 2.45) is 0 Å². The summed E-state index contributed by atoms with van der Waals surface area (Å²) in [6.07, 6.45) is 79.1. The lowest BCUT2D eigenvalue weighted by molar-refractivity contribution is -0.167. The standard InChI is InChI=1S/C67H118O6/c1-4-7-10-13-16-19-22-24-26-28-30-31-32-33-34-35-37-38-40-42-45-48-51-54-57-60-66(69)72-63-64(62-71-65(68)59-56-53-50-47-44-21-18-15-12-9-6-3)73-67(70)61-58-55-52-49-46-43-41-39-36-29-27-25-23-20-17-14-11-8-5-2/h15,17-18,20,22,24-25,27-28,30,36,39,64H,4-14,16,19,21,23,26,29,31-35,37-38,40-63H2,1-3H3/b18-15-,20-17-,24-22-,27-25-,30-28-,39-36-. The molecule has 1 unspecified atom stereocenters. The Morgan fingerprint density at radius 1 is 0.274 bits per heavy atom. The van der Waals surface area contributed by atoms with Crippen molar-refractivity contribution in [2.45, 2.75) is 322 Å². The van der Waals surface area contributed by atoms with Gasteiger partial charge in [-0.3, -0.25) is 14.4 Å². The van der Waals surface area contributed by atoms with Crippen molar-refractivity contribution < 1.29 is 28.6 Å². The molecule has 0 saturated heterocycles. The van der Waals surface area contributed by atoms with Crippen molar-refractivity contribution in [2.75, 3.05) is 13.2 Å². The van der Waals surface area contributed by atoms with Gasteiger partial charge in [-0.25, -0.2) is 0 Å². The van der Waals surface area contributed by atoms with Crippen LogP contribution in [0, 0.1) is 0 Å². The first-order valence-corrected chi connectivity index (χ1v) is 31.4. The predicted octanol–water partition coefficient (Wildman–Crippen LogP) is 21.3. The van der Waals surface area contributed by atoms with Crippen LogP contribution in [-0.4, -0.2) is 37.2 Å². The van der Waals surface area contributed by atoms with Gasteiger partial charge < -0.3 is 14.2 Å². The Bertz CT molecular complexity index is 1360. The highest BCUT2D eigenvalue weighted by molar-refractivity contribution is 5.71. The molecular weight excluding hydrogens is 901 g/mol. The van der Waals surface area contributed by atoms with E-state index in [9.17, 15) is 14.4 Å². The van der Waals surface area contributed by atoms with E-state index in [4.69, 9.17) is 14.2 Å². The molecule has 0 aliphatic heterocycles. The second-order valence-corrected chi connectivity index (χ2v) is 21.0. The summed E-state index contributed by atoms with van der Waals surface area (Å²) >= 11 is 0. The van der Waals surface area contributed by atoms with Gasteiger partial charge >= 0.3 is 17.9 Å². The molecule has 6 nitrogen and oxygen atoms in total. The van der Waals surface area contributed by atoms with Crippen LogP contribution in [0.25, 0.3) is 0 Å². The third-order valence-electron chi connectivity index (χ3n) is 13.7. The maximum atomic E-state index is 12.9. The summed E-state index contributed by atoms with van der Waals surface area (Å²) in [5.41, 5.74) is 0. The van der Waals surface area contributed by atoms with Gasteiger partial charge in [-0.15, -0.1) is 0 Å². The van der Waals surface area contributed by atoms with E-state index in [0.717, 1.165) is 96.3 Å². The molecule has 73 heavy (non-hydrogen) atoms. The van der Waals surface area contributed by atoms with Gasteiger partial charge in [0.2, 0.25) is 0 Å². The largest absolute Gasteiger partial charge is 0.462 e. The summed E-state index contributed by atoms with van der Waals surface area (Å²) < 4.78 is 16.9. The van der Waals surface area contributed by atoms with Crippen molar-refractivity contribution >= 4 is 17.9 Å². The lowest BCUT2D eigenvalue weighted by atomic mass is 10.0. The van der Waals surface area contributed by atoms with Crippen LogP contribution in [0.5, 0.6) is 0 Å². The summed E-state index contributed by atoms with van der Waals surface area (Å²) in [5, 5.41) is 0. The molecule has 1 atom stereocenters. The molecule has 0 heterocycles. The molecule has 422 valence electrons. The molecule has 0 rings (SSSR count). The Kier molecular flexibility index (Phi) is 58.7. The van der Waals surface area contributed by atoms with Crippen molar-refractivity contribution in [3.8, 4) is 0 Å². The maximum Gasteiger partial charge on any atom is 0.306 e. The maximum absolute atomic E-state index is 12.9. The first-order chi connectivity index (χ1) is 36.0. The van der Waals surface area contributed by atoms with E-state index in [-0.39, 0.29) is 31.1 Å². The van der Waals surface area contributed by atoms with Gasteiger partial charge in [0.15, 0.2) is 6.10 Å². The average Bonchev–Trinajstić information content (AvgIpc) is 3.39. The average molecular weight is 1020 g/mol. The quantitative estimate of drug-likeness (QED) is 0.0261. The van der Waals surface area contributed by atoms with E-state index in [1.165, 1.54) is 180 Å². The van der Waals surface area contributed by atoms with Gasteiger partial charge in [0, 0.05) is 19.3 Å². The fourth-order valence-corrected chi connectivity index (χ4v) is 8.87. The van der Waals surface area contributed by atoms with Crippen LogP contribution in [-0.2, 0) is 28.6 Å². The highest BCUT2D eigenvalue weighted by Crippen LogP contribution is 2.16. The molecule has 0 aromatic carbocycles. The molecule has 0 aliphatic rings. The van der Waals surface area contributed by atoms with Gasteiger partial charge in [0.05, 0.1) is 0 Å². The van der Waals surface area contributed by atoms with Crippen LogP contribution >= 0.6 is 0 Å². The summed E-state index contributed by atoms with van der Waals surface area (Å²) in [6, 6.07) is 0. The highest BCUT2D eigenvalue weighted by atomic mass is 16.6. The molecular formula is C67H118O6. The van der Waals surface area contributed by atoms with Crippen molar-refractivity contribution in [1.82, 2.24) is 0 Å². The van der Waals surface area contributed by atoms with E-state index in [1.54, 1.807) is 0 Å². The van der Waals surface area contributed by atoms with Gasteiger partial charge in [-0.1, -0.05) is 261 Å². The topological polar surface area (TPSA) is 78.9 Å². The fraction of sp³-hybridized carbons (Fsp3) is 0.776. The second-order valence-electron chi connectivity index (χ2n) is 21.0. The van der Waals surface area contributed by atoms with Crippen molar-refractivity contribution in [3.63, 3.8) is 0 Å². The van der Waals surface area contributed by atoms with Gasteiger partial charge in [-0.05, 0) is 109 Å². The number of ether oxygens (including phenoxy) is 3. The van der Waals surface area contributed by atoms with Crippen LogP contribution < -0.4 is 0 Å². The number of carbonyl (C=O) groups is 3. The number of rotatable bonds is 57. The highest BCUT2D eigenvalue weighted by Gasteiger charge is 2.19. The lowest BCUT2D eigenvalue weighted by Crippen LogP contribution is -2.30. The molecule has 0 bridgehead atoms. The number of esters is 3. The minimum absolute atomic E-state index is 0.0825. The van der Waals surface area contributed by atoms with Crippen LogP contribution in [0.15, 0.2) is 72.9 Å². The number of hydrogen-bond acceptors (Lipinski definition) is 6. The molecule has 0 aromatic rings. The lowest BCUT2D eigenvalue weighted by Gasteiger charge is -2.18. The second kappa shape index (κ2) is 61.4. The summed E-state index contributed by atoms with van der Waals surface area (Å²) in [6.45, 7) is 6.57. The van der Waals surface area contributed by atoms with Crippen LogP contribution in [0.3, 0.4) is 0 Å². The zero-order valence-corrected chi connectivity index (χ0v) is 48.4. The molecule has 0 saturated carbocycles. The Labute approximate surface area is 453 Å². The minimum Gasteiger partial charge on any atom is -0.462 e. The molecule has 0 spiro atoms. The smallest absolute Gasteiger partial charge is 0.306 e. The van der Waals surface area contributed by atoms with E-state index in [0.29, 0.717) is 19.3 Å². The van der Waals surface area contributed by atoms with Gasteiger partial charge in [0.1, 0.15) is 13.2 Å². The number of unbranched alkanes of at least 4 members (excludes halogenated alkanes) is 34. The van der Waals surface area contributed by atoms with Gasteiger partial charge in [0.25, 0.3) is 0 Å². The number of allylic oxidation sites excluding steroid dienone is 12. The van der Waals surface area contributed by atoms with Gasteiger partial charge in [-0.2, -0.15) is 0 Å². The SMILES string of the molecule is CCCC/C=C\CCCCCCCC(=O)OCC(COC(=O)CCCCCCCCCCCCCCC/C=C\C/C=C\CCCCCCC)OC(=O)CCCCCCCC/C=C\C/C=C\C/C=C\CCCCC. The first-order valence-electron chi connectivity index (χ1n) is 31.4.